The Morgan fingerprint density at radius 1 is 1.12 bits per heavy atom. The van der Waals surface area contributed by atoms with Crippen molar-refractivity contribution in [3.63, 3.8) is 0 Å². The average Bonchev–Trinajstić information content (AvgIpc) is 0.722. The van der Waals surface area contributed by atoms with Gasteiger partial charge in [0.25, 0.3) is 0 Å². The van der Waals surface area contributed by atoms with Crippen LogP contribution in [0.25, 0.3) is 0 Å². The first-order valence-electron chi connectivity index (χ1n) is 0.667. The smallest absolute Gasteiger partial charge is 0.759 e. The van der Waals surface area contributed by atoms with E-state index in [-0.39, 0.29) is 121 Å². The zero-order valence-corrected chi connectivity index (χ0v) is 8.81. The van der Waals surface area contributed by atoms with Gasteiger partial charge in [-0.3, -0.25) is 8.42 Å². The molecule has 4 nitrogen and oxygen atoms in total. The molecule has 1 radical (unpaired) electrons. The van der Waals surface area contributed by atoms with Crippen molar-refractivity contribution in [1.82, 2.24) is 0 Å². The molecule has 0 fully saturated rings. The minimum atomic E-state index is -5.17. The van der Waals surface area contributed by atoms with Crippen LogP contribution >= 0.6 is 0 Å². The molecule has 0 aromatic carbocycles. The molecule has 0 aromatic heterocycles. The minimum Gasteiger partial charge on any atom is -0.759 e. The normalized spacial score (nSPS) is 7.25. The van der Waals surface area contributed by atoms with E-state index >= 15 is 0 Å². The van der Waals surface area contributed by atoms with Gasteiger partial charge < -0.3 is 9.11 Å². The van der Waals surface area contributed by atoms with E-state index in [4.69, 9.17) is 17.5 Å². The molecule has 0 N–H and O–H groups in total. The van der Waals surface area contributed by atoms with Crippen LogP contribution in [0, 0.1) is 121 Å². The fraction of sp³-hybridized carbons (Fsp3) is 0. The Hall–Kier alpha value is 3.86. The van der Waals surface area contributed by atoms with Crippen molar-refractivity contribution in [2.75, 3.05) is 0 Å². The Bertz CT molecular complexity index is 99.2. The summed E-state index contributed by atoms with van der Waals surface area (Å²) in [6.45, 7) is 0. The molecule has 0 aliphatic heterocycles. The van der Waals surface area contributed by atoms with E-state index in [0.717, 1.165) is 0 Å². The van der Waals surface area contributed by atoms with Gasteiger partial charge in [-0.25, -0.2) is 0 Å². The van der Waals surface area contributed by atoms with Crippen LogP contribution in [0.3, 0.4) is 0 Å². The van der Waals surface area contributed by atoms with Crippen LogP contribution < -0.4 is 0 Å². The Morgan fingerprint density at radius 3 is 1.12 bits per heavy atom. The van der Waals surface area contributed by atoms with Crippen LogP contribution in [0.2, 0.25) is 0 Å². The molecule has 0 amide bonds. The van der Waals surface area contributed by atoms with E-state index in [9.17, 15) is 0 Å². The van der Waals surface area contributed by atoms with Gasteiger partial charge in [0.15, 0.2) is 0 Å². The van der Waals surface area contributed by atoms with Gasteiger partial charge in [0, 0.05) is 10.4 Å². The number of rotatable bonds is 0. The molecule has 0 atom stereocenters. The van der Waals surface area contributed by atoms with Crippen molar-refractivity contribution < 1.29 is 138 Å². The average molecular weight is 613 g/mol. The maximum Gasteiger partial charge on any atom is 3.00 e. The molecule has 0 aliphatic rings. The van der Waals surface area contributed by atoms with Gasteiger partial charge in [-0.2, -0.15) is 0 Å². The predicted octanol–water partition coefficient (Wildman–Crippen LogP) is -1.34. The van der Waals surface area contributed by atoms with Crippen LogP contribution in [-0.4, -0.2) is 17.5 Å². The Kier molecular flexibility index (Phi) is 30.7. The molecule has 65 valence electrons. The van der Waals surface area contributed by atoms with Gasteiger partial charge in [0.1, 0.15) is 0 Å². The van der Waals surface area contributed by atoms with Crippen molar-refractivity contribution in [1.29, 1.82) is 0 Å². The molecule has 0 unspecified atom stereocenters. The van der Waals surface area contributed by atoms with Crippen molar-refractivity contribution in [3.8, 4) is 0 Å². The van der Waals surface area contributed by atoms with Gasteiger partial charge in [-0.1, -0.05) is 0 Å². The summed E-state index contributed by atoms with van der Waals surface area (Å²) in [6.07, 6.45) is 0. The van der Waals surface area contributed by atoms with E-state index < -0.39 is 10.4 Å². The summed E-state index contributed by atoms with van der Waals surface area (Å²) in [6, 6.07) is 0. The van der Waals surface area contributed by atoms with Crippen molar-refractivity contribution >= 4 is 10.4 Å². The summed E-state index contributed by atoms with van der Waals surface area (Å²) in [5.74, 6) is 0. The van der Waals surface area contributed by atoms with E-state index in [1.54, 1.807) is 0 Å². The third-order valence-corrected chi connectivity index (χ3v) is 0. The second-order valence-electron chi connectivity index (χ2n) is 0.408. The van der Waals surface area contributed by atoms with Crippen LogP contribution in [-0.2, 0) is 10.4 Å². The van der Waals surface area contributed by atoms with Crippen molar-refractivity contribution in [3.05, 3.63) is 0 Å². The molecule has 8 heteroatoms. The summed E-state index contributed by atoms with van der Waals surface area (Å²) in [5, 5.41) is 0. The Labute approximate surface area is 144 Å². The van der Waals surface area contributed by atoms with E-state index in [2.05, 4.69) is 0 Å². The van der Waals surface area contributed by atoms with Gasteiger partial charge in [-0.05, 0) is 0 Å². The van der Waals surface area contributed by atoms with Gasteiger partial charge in [0.2, 0.25) is 0 Å². The van der Waals surface area contributed by atoms with Crippen LogP contribution in [0.1, 0.15) is 0 Å². The van der Waals surface area contributed by atoms with E-state index in [1.807, 2.05) is 0 Å². The zero-order valence-electron chi connectivity index (χ0n) is 2.84. The third-order valence-electron chi connectivity index (χ3n) is 0. The minimum absolute atomic E-state index is 0. The molecule has 0 rings (SSSR count). The summed E-state index contributed by atoms with van der Waals surface area (Å²) in [5.41, 5.74) is 0. The molecule has 0 spiro atoms. The Morgan fingerprint density at radius 2 is 1.12 bits per heavy atom. The number of hydrogen-bond donors (Lipinski definition) is 0. The van der Waals surface area contributed by atoms with Crippen molar-refractivity contribution in [2.45, 2.75) is 0 Å². The predicted molar refractivity (Wildman–Crippen MR) is 10.5 cm³/mol. The monoisotopic (exact) mass is 614 g/mol. The Balaban J connectivity index is -0.0000000267. The van der Waals surface area contributed by atoms with Gasteiger partial charge in [-0.15, -0.1) is 0 Å². The molecule has 0 bridgehead atoms. The molecular formula is LuO4STmYb+7. The molecule has 0 aliphatic carbocycles. The molecule has 0 saturated carbocycles. The summed E-state index contributed by atoms with van der Waals surface area (Å²) >= 11 is 0. The summed E-state index contributed by atoms with van der Waals surface area (Å²) in [7, 11) is -5.17. The second-order valence-corrected chi connectivity index (χ2v) is 1.22. The first kappa shape index (κ1) is 22.6. The standard InChI is InChI=1S/Lu.H2O4S.Tm.Yb/c;1-5(2,3)4;;/h;(H2,1,2,3,4);;/q+3;;2*+3/p-2. The van der Waals surface area contributed by atoms with Crippen LogP contribution in [0.5, 0.6) is 0 Å². The van der Waals surface area contributed by atoms with Gasteiger partial charge >= 0.3 is 121 Å². The maximum absolute atomic E-state index is 8.52. The summed E-state index contributed by atoms with van der Waals surface area (Å²) in [4.78, 5) is 0. The topological polar surface area (TPSA) is 80.3 Å². The molecular weight excluding hydrogens is 613 g/mol. The molecule has 0 aromatic rings. The van der Waals surface area contributed by atoms with Crippen LogP contribution in [0.15, 0.2) is 0 Å². The fourth-order valence-corrected chi connectivity index (χ4v) is 0. The molecule has 0 saturated heterocycles. The van der Waals surface area contributed by atoms with Crippen LogP contribution in [0.4, 0.5) is 0 Å². The summed E-state index contributed by atoms with van der Waals surface area (Å²) < 4.78 is 34.1. The second kappa shape index (κ2) is 10.9. The maximum atomic E-state index is 8.52. The number of hydrogen-bond acceptors (Lipinski definition) is 4. The third kappa shape index (κ3) is 52.0. The molecule has 0 heterocycles. The first-order chi connectivity index (χ1) is 2.00. The molecule has 8 heavy (non-hydrogen) atoms. The fourth-order valence-electron chi connectivity index (χ4n) is 0. The first-order valence-corrected chi connectivity index (χ1v) is 2.00. The quantitative estimate of drug-likeness (QED) is 0.251. The van der Waals surface area contributed by atoms with Gasteiger partial charge in [0.05, 0.1) is 0 Å². The van der Waals surface area contributed by atoms with E-state index in [0.29, 0.717) is 0 Å². The zero-order chi connectivity index (χ0) is 4.50. The van der Waals surface area contributed by atoms with E-state index in [1.165, 1.54) is 0 Å². The van der Waals surface area contributed by atoms with Crippen molar-refractivity contribution in [2.24, 2.45) is 0 Å². The largest absolute Gasteiger partial charge is 3.00 e. The SMILES string of the molecule is O=S(=O)([O-])[O-].[Lu+3].[Tm+3].[Yb+3].